The van der Waals surface area contributed by atoms with E-state index in [2.05, 4.69) is 15.6 Å². The van der Waals surface area contributed by atoms with Gasteiger partial charge in [0.25, 0.3) is 0 Å². The summed E-state index contributed by atoms with van der Waals surface area (Å²) in [5.74, 6) is 1.08. The fourth-order valence-corrected chi connectivity index (χ4v) is 2.72. The second-order valence-corrected chi connectivity index (χ2v) is 6.11. The van der Waals surface area contributed by atoms with Crippen molar-refractivity contribution >= 4 is 29.9 Å². The zero-order chi connectivity index (χ0) is 20.4. The Kier molecular flexibility index (Phi) is 11.3. The van der Waals surface area contributed by atoms with Gasteiger partial charge in [0.2, 0.25) is 0 Å². The molecule has 0 aromatic heterocycles. The number of rotatable bonds is 9. The smallest absolute Gasteiger partial charge is 0.191 e. The van der Waals surface area contributed by atoms with Crippen LogP contribution in [0.3, 0.4) is 0 Å². The molecule has 0 radical (unpaired) electrons. The molecule has 0 aliphatic rings. The molecule has 2 N–H and O–H groups in total. The normalized spacial score (nSPS) is 10.9. The van der Waals surface area contributed by atoms with Crippen LogP contribution in [0.15, 0.2) is 41.4 Å². The van der Waals surface area contributed by atoms with E-state index in [9.17, 15) is 8.78 Å². The summed E-state index contributed by atoms with van der Waals surface area (Å²) in [6, 6.07) is 9.30. The van der Waals surface area contributed by atoms with Crippen molar-refractivity contribution in [2.24, 2.45) is 4.99 Å². The van der Waals surface area contributed by atoms with Crippen molar-refractivity contribution < 1.29 is 18.3 Å². The quantitative estimate of drug-likeness (QED) is 0.225. The minimum absolute atomic E-state index is 0. The van der Waals surface area contributed by atoms with Crippen molar-refractivity contribution in [3.05, 3.63) is 59.2 Å². The number of nitrogens with one attached hydrogen (secondary N) is 2. The van der Waals surface area contributed by atoms with Gasteiger partial charge in [0.1, 0.15) is 11.6 Å². The minimum atomic E-state index is -0.466. The van der Waals surface area contributed by atoms with Crippen molar-refractivity contribution in [3.63, 3.8) is 0 Å². The zero-order valence-electron chi connectivity index (χ0n) is 16.9. The van der Waals surface area contributed by atoms with Gasteiger partial charge in [0.15, 0.2) is 17.5 Å². The number of guanidine groups is 1. The van der Waals surface area contributed by atoms with E-state index >= 15 is 0 Å². The molecule has 0 aliphatic heterocycles. The Hall–Kier alpha value is -2.10. The second kappa shape index (κ2) is 13.2. The third-order valence-electron chi connectivity index (χ3n) is 4.14. The summed E-state index contributed by atoms with van der Waals surface area (Å²) in [6.07, 6.45) is 1.72. The monoisotopic (exact) mass is 519 g/mol. The molecule has 0 atom stereocenters. The van der Waals surface area contributed by atoms with Crippen molar-refractivity contribution in [1.82, 2.24) is 10.6 Å². The van der Waals surface area contributed by atoms with Crippen LogP contribution in [0.2, 0.25) is 0 Å². The number of hydrogen-bond acceptors (Lipinski definition) is 3. The number of halogens is 3. The van der Waals surface area contributed by atoms with Crippen LogP contribution in [0.1, 0.15) is 24.5 Å². The molecule has 0 fully saturated rings. The Bertz CT molecular complexity index is 803. The number of hydrogen-bond donors (Lipinski definition) is 2. The summed E-state index contributed by atoms with van der Waals surface area (Å²) in [5, 5.41) is 6.16. The SMILES string of the molecule is CCOc1cc(CCCNC(=NC)NCc2cc(F)ccc2F)ccc1OC.I. The van der Waals surface area contributed by atoms with Gasteiger partial charge in [-0.15, -0.1) is 24.0 Å². The van der Waals surface area contributed by atoms with E-state index in [0.717, 1.165) is 42.0 Å². The third-order valence-corrected chi connectivity index (χ3v) is 4.14. The number of benzene rings is 2. The van der Waals surface area contributed by atoms with Crippen molar-refractivity contribution in [3.8, 4) is 11.5 Å². The molecule has 0 amide bonds. The summed E-state index contributed by atoms with van der Waals surface area (Å²) >= 11 is 0. The third kappa shape index (κ3) is 8.04. The highest BCUT2D eigenvalue weighted by atomic mass is 127. The predicted molar refractivity (Wildman–Crippen MR) is 122 cm³/mol. The van der Waals surface area contributed by atoms with E-state index in [1.807, 2.05) is 25.1 Å². The van der Waals surface area contributed by atoms with Crippen LogP contribution >= 0.6 is 24.0 Å². The van der Waals surface area contributed by atoms with Gasteiger partial charge in [0.05, 0.1) is 13.7 Å². The van der Waals surface area contributed by atoms with E-state index in [0.29, 0.717) is 19.1 Å². The molecule has 8 heteroatoms. The Morgan fingerprint density at radius 3 is 2.55 bits per heavy atom. The molecule has 0 aliphatic carbocycles. The number of aliphatic imine (C=N–C) groups is 1. The summed E-state index contributed by atoms with van der Waals surface area (Å²) in [7, 11) is 3.25. The molecule has 0 unspecified atom stereocenters. The van der Waals surface area contributed by atoms with Gasteiger partial charge in [0, 0.05) is 25.7 Å². The molecule has 2 rings (SSSR count). The maximum absolute atomic E-state index is 13.7. The highest BCUT2D eigenvalue weighted by Gasteiger charge is 2.07. The second-order valence-electron chi connectivity index (χ2n) is 6.11. The van der Waals surface area contributed by atoms with Crippen LogP contribution in [-0.4, -0.2) is 33.3 Å². The van der Waals surface area contributed by atoms with Crippen molar-refractivity contribution in [1.29, 1.82) is 0 Å². The summed E-state index contributed by atoms with van der Waals surface area (Å²) in [6.45, 7) is 3.35. The van der Waals surface area contributed by atoms with Crippen LogP contribution < -0.4 is 20.1 Å². The van der Waals surface area contributed by atoms with E-state index < -0.39 is 11.6 Å². The van der Waals surface area contributed by atoms with Gasteiger partial charge in [-0.2, -0.15) is 0 Å². The Morgan fingerprint density at radius 1 is 1.07 bits per heavy atom. The first-order valence-corrected chi connectivity index (χ1v) is 9.25. The molecule has 0 saturated heterocycles. The van der Waals surface area contributed by atoms with E-state index in [4.69, 9.17) is 9.47 Å². The Labute approximate surface area is 187 Å². The molecule has 2 aromatic carbocycles. The van der Waals surface area contributed by atoms with Crippen molar-refractivity contribution in [2.45, 2.75) is 26.3 Å². The van der Waals surface area contributed by atoms with Crippen molar-refractivity contribution in [2.75, 3.05) is 27.3 Å². The number of aryl methyl sites for hydroxylation is 1. The van der Waals surface area contributed by atoms with Gasteiger partial charge in [-0.3, -0.25) is 4.99 Å². The average molecular weight is 519 g/mol. The first kappa shape index (κ1) is 24.9. The summed E-state index contributed by atoms with van der Waals surface area (Å²) in [5.41, 5.74) is 1.40. The van der Waals surface area contributed by atoms with Crippen LogP contribution in [-0.2, 0) is 13.0 Å². The lowest BCUT2D eigenvalue weighted by Gasteiger charge is -2.13. The molecule has 0 saturated carbocycles. The number of nitrogens with zero attached hydrogens (tertiary/aromatic N) is 1. The average Bonchev–Trinajstić information content (AvgIpc) is 2.70. The number of methoxy groups -OCH3 is 1. The zero-order valence-corrected chi connectivity index (χ0v) is 19.3. The van der Waals surface area contributed by atoms with E-state index in [-0.39, 0.29) is 36.1 Å². The van der Waals surface area contributed by atoms with Crippen LogP contribution in [0.25, 0.3) is 0 Å². The van der Waals surface area contributed by atoms with Gasteiger partial charge < -0.3 is 20.1 Å². The summed E-state index contributed by atoms with van der Waals surface area (Å²) < 4.78 is 37.8. The fraction of sp³-hybridized carbons (Fsp3) is 0.381. The van der Waals surface area contributed by atoms with Crippen LogP contribution in [0.4, 0.5) is 8.78 Å². The molecule has 0 spiro atoms. The molecular formula is C21H28F2IN3O2. The molecule has 0 heterocycles. The lowest BCUT2D eigenvalue weighted by molar-refractivity contribution is 0.310. The highest BCUT2D eigenvalue weighted by Crippen LogP contribution is 2.28. The molecular weight excluding hydrogens is 491 g/mol. The fourth-order valence-electron chi connectivity index (χ4n) is 2.72. The molecule has 0 bridgehead atoms. The van der Waals surface area contributed by atoms with Crippen LogP contribution in [0.5, 0.6) is 11.5 Å². The Morgan fingerprint density at radius 2 is 1.86 bits per heavy atom. The predicted octanol–water partition coefficient (Wildman–Crippen LogP) is 4.29. The lowest BCUT2D eigenvalue weighted by Crippen LogP contribution is -2.37. The summed E-state index contributed by atoms with van der Waals surface area (Å²) in [4.78, 5) is 4.10. The molecule has 5 nitrogen and oxygen atoms in total. The number of ether oxygens (including phenoxy) is 2. The molecule has 29 heavy (non-hydrogen) atoms. The van der Waals surface area contributed by atoms with Gasteiger partial charge >= 0.3 is 0 Å². The lowest BCUT2D eigenvalue weighted by atomic mass is 10.1. The molecule has 160 valence electrons. The topological polar surface area (TPSA) is 54.9 Å². The molecule has 2 aromatic rings. The maximum Gasteiger partial charge on any atom is 0.191 e. The largest absolute Gasteiger partial charge is 0.493 e. The van der Waals surface area contributed by atoms with Gasteiger partial charge in [-0.1, -0.05) is 6.07 Å². The standard InChI is InChI=1S/C21H27F2N3O2.HI/c1-4-28-20-12-15(7-10-19(20)27-3)6-5-11-25-21(24-2)26-14-16-13-17(22)8-9-18(16)23;/h7-10,12-13H,4-6,11,14H2,1-3H3,(H2,24,25,26);1H. The van der Waals surface area contributed by atoms with Gasteiger partial charge in [-0.05, 0) is 55.7 Å². The first-order valence-electron chi connectivity index (χ1n) is 9.25. The highest BCUT2D eigenvalue weighted by molar-refractivity contribution is 14.0. The van der Waals surface area contributed by atoms with E-state index in [1.165, 1.54) is 6.07 Å². The van der Waals surface area contributed by atoms with E-state index in [1.54, 1.807) is 14.2 Å². The maximum atomic E-state index is 13.7. The van der Waals surface area contributed by atoms with Crippen LogP contribution in [0, 0.1) is 11.6 Å². The first-order chi connectivity index (χ1) is 13.6. The van der Waals surface area contributed by atoms with Gasteiger partial charge in [-0.25, -0.2) is 8.78 Å². The minimum Gasteiger partial charge on any atom is -0.493 e. The Balaban J connectivity index is 0.00000420.